The highest BCUT2D eigenvalue weighted by atomic mass is 79.9. The van der Waals surface area contributed by atoms with E-state index in [1.54, 1.807) is 7.11 Å². The van der Waals surface area contributed by atoms with Crippen molar-refractivity contribution in [2.45, 2.75) is 32.1 Å². The predicted molar refractivity (Wildman–Crippen MR) is 79.4 cm³/mol. The zero-order chi connectivity index (χ0) is 13.7. The van der Waals surface area contributed by atoms with Crippen LogP contribution in [0, 0.1) is 0 Å². The molecule has 4 heteroatoms. The lowest BCUT2D eigenvalue weighted by Crippen LogP contribution is -2.33. The predicted octanol–water partition coefficient (Wildman–Crippen LogP) is 3.40. The van der Waals surface area contributed by atoms with Gasteiger partial charge in [0, 0.05) is 13.1 Å². The average Bonchev–Trinajstić information content (AvgIpc) is 2.68. The quantitative estimate of drug-likeness (QED) is 0.852. The number of hydrogen-bond acceptors (Lipinski definition) is 2. The Morgan fingerprint density at radius 1 is 1.26 bits per heavy atom. The molecule has 1 aromatic carbocycles. The number of ether oxygens (including phenoxy) is 1. The molecule has 0 radical (unpaired) electrons. The Morgan fingerprint density at radius 2 is 1.95 bits per heavy atom. The first kappa shape index (κ1) is 14.4. The van der Waals surface area contributed by atoms with Gasteiger partial charge in [-0.15, -0.1) is 0 Å². The summed E-state index contributed by atoms with van der Waals surface area (Å²) in [6.07, 6.45) is 5.24. The molecule has 0 saturated carbocycles. The molecule has 1 heterocycles. The number of nitrogens with zero attached hydrogens (tertiary/aromatic N) is 1. The van der Waals surface area contributed by atoms with Crippen LogP contribution < -0.4 is 4.74 Å². The minimum absolute atomic E-state index is 0.235. The largest absolute Gasteiger partial charge is 0.496 e. The maximum absolute atomic E-state index is 12.3. The highest BCUT2D eigenvalue weighted by Crippen LogP contribution is 2.26. The molecule has 0 aromatic heterocycles. The summed E-state index contributed by atoms with van der Waals surface area (Å²) in [5.74, 6) is 1.03. The molecule has 0 atom stereocenters. The number of hydrogen-bond donors (Lipinski definition) is 0. The van der Waals surface area contributed by atoms with E-state index in [-0.39, 0.29) is 5.91 Å². The van der Waals surface area contributed by atoms with Gasteiger partial charge >= 0.3 is 0 Å². The molecule has 1 aliphatic rings. The Kier molecular flexibility index (Phi) is 5.25. The summed E-state index contributed by atoms with van der Waals surface area (Å²) < 4.78 is 6.09. The van der Waals surface area contributed by atoms with Gasteiger partial charge in [0.2, 0.25) is 5.91 Å². The number of amides is 1. The normalized spacial score (nSPS) is 16.0. The molecule has 1 amide bonds. The Balaban J connectivity index is 1.99. The minimum Gasteiger partial charge on any atom is -0.496 e. The maximum atomic E-state index is 12.3. The van der Waals surface area contributed by atoms with Gasteiger partial charge in [0.15, 0.2) is 0 Å². The zero-order valence-electron chi connectivity index (χ0n) is 11.3. The summed E-state index contributed by atoms with van der Waals surface area (Å²) in [4.78, 5) is 14.3. The van der Waals surface area contributed by atoms with Crippen LogP contribution >= 0.6 is 15.9 Å². The van der Waals surface area contributed by atoms with E-state index in [9.17, 15) is 4.79 Å². The van der Waals surface area contributed by atoms with Crippen molar-refractivity contribution in [2.75, 3.05) is 20.2 Å². The summed E-state index contributed by atoms with van der Waals surface area (Å²) in [6.45, 7) is 1.83. The van der Waals surface area contributed by atoms with Crippen molar-refractivity contribution in [3.63, 3.8) is 0 Å². The van der Waals surface area contributed by atoms with Crippen LogP contribution in [0.15, 0.2) is 22.7 Å². The van der Waals surface area contributed by atoms with Crippen molar-refractivity contribution >= 4 is 21.8 Å². The van der Waals surface area contributed by atoms with Crippen molar-refractivity contribution in [3.05, 3.63) is 28.2 Å². The van der Waals surface area contributed by atoms with Gasteiger partial charge < -0.3 is 9.64 Å². The third-order valence-corrected chi connectivity index (χ3v) is 4.15. The highest BCUT2D eigenvalue weighted by Gasteiger charge is 2.16. The molecule has 104 valence electrons. The lowest BCUT2D eigenvalue weighted by atomic mass is 10.1. The SMILES string of the molecule is COc1ccc(CC(=O)N2CCCCCC2)cc1Br. The van der Waals surface area contributed by atoms with Crippen LogP contribution in [0.3, 0.4) is 0 Å². The second kappa shape index (κ2) is 6.94. The van der Waals surface area contributed by atoms with E-state index in [0.717, 1.165) is 41.7 Å². The molecule has 0 bridgehead atoms. The summed E-state index contributed by atoms with van der Waals surface area (Å²) >= 11 is 3.46. The molecule has 0 spiro atoms. The van der Waals surface area contributed by atoms with Crippen LogP contribution in [0.25, 0.3) is 0 Å². The number of carbonyl (C=O) groups is 1. The molecule has 1 aliphatic heterocycles. The number of likely N-dealkylation sites (tertiary alicyclic amines) is 1. The molecule has 1 fully saturated rings. The van der Waals surface area contributed by atoms with Gasteiger partial charge in [-0.25, -0.2) is 0 Å². The van der Waals surface area contributed by atoms with Crippen molar-refractivity contribution in [2.24, 2.45) is 0 Å². The number of carbonyl (C=O) groups excluding carboxylic acids is 1. The minimum atomic E-state index is 0.235. The van der Waals surface area contributed by atoms with E-state index in [1.165, 1.54) is 12.8 Å². The van der Waals surface area contributed by atoms with Gasteiger partial charge in [-0.3, -0.25) is 4.79 Å². The summed E-state index contributed by atoms with van der Waals surface area (Å²) in [5, 5.41) is 0. The summed E-state index contributed by atoms with van der Waals surface area (Å²) in [6, 6.07) is 5.82. The Labute approximate surface area is 123 Å². The van der Waals surface area contributed by atoms with E-state index in [4.69, 9.17) is 4.74 Å². The molecule has 19 heavy (non-hydrogen) atoms. The first-order chi connectivity index (χ1) is 9.20. The smallest absolute Gasteiger partial charge is 0.226 e. The van der Waals surface area contributed by atoms with E-state index in [0.29, 0.717) is 6.42 Å². The van der Waals surface area contributed by atoms with E-state index < -0.39 is 0 Å². The number of methoxy groups -OCH3 is 1. The van der Waals surface area contributed by atoms with Gasteiger partial charge in [0.25, 0.3) is 0 Å². The fraction of sp³-hybridized carbons (Fsp3) is 0.533. The first-order valence-electron chi connectivity index (χ1n) is 6.81. The highest BCUT2D eigenvalue weighted by molar-refractivity contribution is 9.10. The van der Waals surface area contributed by atoms with E-state index in [2.05, 4.69) is 15.9 Å². The third kappa shape index (κ3) is 3.96. The first-order valence-corrected chi connectivity index (χ1v) is 7.60. The van der Waals surface area contributed by atoms with E-state index in [1.807, 2.05) is 23.1 Å². The molecule has 1 aromatic rings. The Morgan fingerprint density at radius 3 is 2.53 bits per heavy atom. The second-order valence-corrected chi connectivity index (χ2v) is 5.80. The van der Waals surface area contributed by atoms with Gasteiger partial charge in [0.05, 0.1) is 18.0 Å². The molecule has 1 saturated heterocycles. The van der Waals surface area contributed by atoms with Crippen LogP contribution in [0.2, 0.25) is 0 Å². The molecule has 0 unspecified atom stereocenters. The number of benzene rings is 1. The third-order valence-electron chi connectivity index (χ3n) is 3.53. The fourth-order valence-electron chi connectivity index (χ4n) is 2.43. The second-order valence-electron chi connectivity index (χ2n) is 4.94. The standard InChI is InChI=1S/C15H20BrNO2/c1-19-14-7-6-12(10-13(14)16)11-15(18)17-8-4-2-3-5-9-17/h6-7,10H,2-5,8-9,11H2,1H3. The average molecular weight is 326 g/mol. The lowest BCUT2D eigenvalue weighted by Gasteiger charge is -2.20. The molecular weight excluding hydrogens is 306 g/mol. The van der Waals surface area contributed by atoms with Gasteiger partial charge in [-0.05, 0) is 46.5 Å². The molecule has 3 nitrogen and oxygen atoms in total. The molecular formula is C15H20BrNO2. The monoisotopic (exact) mass is 325 g/mol. The summed E-state index contributed by atoms with van der Waals surface area (Å²) in [5.41, 5.74) is 1.03. The summed E-state index contributed by atoms with van der Waals surface area (Å²) in [7, 11) is 1.64. The van der Waals surface area contributed by atoms with Gasteiger partial charge in [0.1, 0.15) is 5.75 Å². The number of halogens is 1. The van der Waals surface area contributed by atoms with Gasteiger partial charge in [-0.1, -0.05) is 18.9 Å². The number of rotatable bonds is 3. The van der Waals surface area contributed by atoms with E-state index >= 15 is 0 Å². The zero-order valence-corrected chi connectivity index (χ0v) is 12.9. The fourth-order valence-corrected chi connectivity index (χ4v) is 3.01. The topological polar surface area (TPSA) is 29.5 Å². The maximum Gasteiger partial charge on any atom is 0.226 e. The van der Waals surface area contributed by atoms with Crippen LogP contribution in [-0.2, 0) is 11.2 Å². The van der Waals surface area contributed by atoms with Crippen LogP contribution in [0.1, 0.15) is 31.2 Å². The van der Waals surface area contributed by atoms with Crippen molar-refractivity contribution < 1.29 is 9.53 Å². The van der Waals surface area contributed by atoms with Crippen LogP contribution in [0.5, 0.6) is 5.75 Å². The van der Waals surface area contributed by atoms with Crippen molar-refractivity contribution in [3.8, 4) is 5.75 Å². The van der Waals surface area contributed by atoms with Crippen molar-refractivity contribution in [1.82, 2.24) is 4.90 Å². The Hall–Kier alpha value is -1.03. The van der Waals surface area contributed by atoms with Crippen LogP contribution in [-0.4, -0.2) is 31.0 Å². The van der Waals surface area contributed by atoms with Crippen LogP contribution in [0.4, 0.5) is 0 Å². The lowest BCUT2D eigenvalue weighted by molar-refractivity contribution is -0.130. The Bertz CT molecular complexity index is 440. The molecule has 2 rings (SSSR count). The molecule has 0 N–H and O–H groups in total. The van der Waals surface area contributed by atoms with Gasteiger partial charge in [-0.2, -0.15) is 0 Å². The van der Waals surface area contributed by atoms with Crippen molar-refractivity contribution in [1.29, 1.82) is 0 Å². The molecule has 0 aliphatic carbocycles.